The van der Waals surface area contributed by atoms with E-state index in [-0.39, 0.29) is 54.8 Å². The molecule has 3 aliphatic rings. The maximum atomic E-state index is 12.7. The number of nitrogens with zero attached hydrogens (tertiary/aromatic N) is 3. The highest BCUT2D eigenvalue weighted by Crippen LogP contribution is 2.39. The fraction of sp³-hybridized carbons (Fsp3) is 0.714. The van der Waals surface area contributed by atoms with E-state index in [1.807, 2.05) is 13.0 Å². The number of hydrogen-bond donors (Lipinski definition) is 2. The van der Waals surface area contributed by atoms with E-state index < -0.39 is 0 Å². The third-order valence-corrected chi connectivity index (χ3v) is 6.82. The first-order chi connectivity index (χ1) is 13.9. The van der Waals surface area contributed by atoms with Gasteiger partial charge in [0.05, 0.1) is 6.04 Å². The van der Waals surface area contributed by atoms with Gasteiger partial charge in [-0.15, -0.1) is 24.8 Å². The van der Waals surface area contributed by atoms with Crippen LogP contribution < -0.4 is 16.3 Å². The predicted molar refractivity (Wildman–Crippen MR) is 123 cm³/mol. The molecule has 0 aliphatic carbocycles. The first kappa shape index (κ1) is 25.6. The first-order valence-corrected chi connectivity index (χ1v) is 10.8. The second kappa shape index (κ2) is 10.8. The lowest BCUT2D eigenvalue weighted by Gasteiger charge is -2.54. The maximum absolute atomic E-state index is 12.7. The molecule has 0 saturated carbocycles. The Morgan fingerprint density at radius 3 is 2.71 bits per heavy atom. The van der Waals surface area contributed by atoms with E-state index in [0.717, 1.165) is 38.0 Å². The Hall–Kier alpha value is -1.64. The Balaban J connectivity index is 0.00000171. The number of rotatable bonds is 5. The fourth-order valence-corrected chi connectivity index (χ4v) is 5.46. The topological polar surface area (TPSA) is 96.3 Å². The number of fused-ring (bicyclic) bond motifs is 4. The van der Waals surface area contributed by atoms with Gasteiger partial charge in [0.25, 0.3) is 0 Å². The Labute approximate surface area is 195 Å². The number of aromatic nitrogens is 2. The molecular weight excluding hydrogens is 441 g/mol. The highest BCUT2D eigenvalue weighted by atomic mass is 35.5. The van der Waals surface area contributed by atoms with Crippen molar-refractivity contribution in [1.82, 2.24) is 25.1 Å². The first-order valence-electron chi connectivity index (χ1n) is 10.8. The van der Waals surface area contributed by atoms with E-state index in [2.05, 4.69) is 20.5 Å². The van der Waals surface area contributed by atoms with Crippen molar-refractivity contribution in [2.45, 2.75) is 64.6 Å². The Morgan fingerprint density at radius 2 is 1.97 bits per heavy atom. The van der Waals surface area contributed by atoms with Crippen LogP contribution in [0.15, 0.2) is 10.9 Å². The summed E-state index contributed by atoms with van der Waals surface area (Å²) in [5.41, 5.74) is 1.18. The lowest BCUT2D eigenvalue weighted by Crippen LogP contribution is -2.66. The van der Waals surface area contributed by atoms with Crippen molar-refractivity contribution in [3.63, 3.8) is 0 Å². The molecule has 2 bridgehead atoms. The summed E-state index contributed by atoms with van der Waals surface area (Å²) in [6, 6.07) is 2.21. The lowest BCUT2D eigenvalue weighted by atomic mass is 9.72. The van der Waals surface area contributed by atoms with Crippen molar-refractivity contribution in [3.05, 3.63) is 27.9 Å². The predicted octanol–water partition coefficient (Wildman–Crippen LogP) is 1.20. The summed E-state index contributed by atoms with van der Waals surface area (Å²) in [4.78, 5) is 43.3. The molecule has 3 aliphatic heterocycles. The zero-order chi connectivity index (χ0) is 20.5. The highest BCUT2D eigenvalue weighted by molar-refractivity contribution is 5.85. The number of piperidine rings is 3. The third-order valence-electron chi connectivity index (χ3n) is 6.82. The molecule has 2 amide bonds. The van der Waals surface area contributed by atoms with Gasteiger partial charge >= 0.3 is 5.69 Å². The molecule has 1 aromatic heterocycles. The van der Waals surface area contributed by atoms with Gasteiger partial charge < -0.3 is 15.5 Å². The summed E-state index contributed by atoms with van der Waals surface area (Å²) in [6.45, 7) is 6.33. The van der Waals surface area contributed by atoms with Gasteiger partial charge in [-0.05, 0) is 57.6 Å². The maximum Gasteiger partial charge on any atom is 0.347 e. The van der Waals surface area contributed by atoms with Crippen molar-refractivity contribution in [2.75, 3.05) is 19.6 Å². The Bertz CT molecular complexity index is 862. The molecule has 1 aromatic rings. The summed E-state index contributed by atoms with van der Waals surface area (Å²) >= 11 is 0. The van der Waals surface area contributed by atoms with Gasteiger partial charge in [-0.25, -0.2) is 4.79 Å². The molecule has 4 heterocycles. The van der Waals surface area contributed by atoms with E-state index in [9.17, 15) is 14.4 Å². The van der Waals surface area contributed by atoms with Gasteiger partial charge in [0.15, 0.2) is 0 Å². The molecule has 31 heavy (non-hydrogen) atoms. The largest absolute Gasteiger partial charge is 0.354 e. The molecule has 8 nitrogen and oxygen atoms in total. The van der Waals surface area contributed by atoms with Crippen LogP contribution in [0.2, 0.25) is 0 Å². The van der Waals surface area contributed by atoms with E-state index in [1.54, 1.807) is 6.92 Å². The monoisotopic (exact) mass is 473 g/mol. The molecule has 3 saturated heterocycles. The van der Waals surface area contributed by atoms with Crippen LogP contribution in [0, 0.1) is 25.7 Å². The van der Waals surface area contributed by atoms with Crippen LogP contribution in [-0.2, 0) is 16.1 Å². The zero-order valence-corrected chi connectivity index (χ0v) is 19.8. The van der Waals surface area contributed by atoms with Crippen molar-refractivity contribution in [2.24, 2.45) is 11.8 Å². The van der Waals surface area contributed by atoms with Gasteiger partial charge in [0, 0.05) is 49.9 Å². The van der Waals surface area contributed by atoms with Crippen molar-refractivity contribution in [3.8, 4) is 0 Å². The van der Waals surface area contributed by atoms with E-state index in [1.165, 1.54) is 4.57 Å². The summed E-state index contributed by atoms with van der Waals surface area (Å²) in [5, 5.41) is 6.55. The van der Waals surface area contributed by atoms with E-state index in [4.69, 9.17) is 0 Å². The van der Waals surface area contributed by atoms with Crippen molar-refractivity contribution >= 4 is 36.6 Å². The normalized spacial score (nSPS) is 26.9. The number of amides is 2. The molecule has 174 valence electrons. The summed E-state index contributed by atoms with van der Waals surface area (Å²) < 4.78 is 1.53. The molecule has 0 unspecified atom stereocenters. The second-order valence-corrected chi connectivity index (χ2v) is 8.77. The number of aryl methyl sites for hydroxylation is 2. The Kier molecular flexibility index (Phi) is 8.92. The highest BCUT2D eigenvalue weighted by Gasteiger charge is 2.47. The van der Waals surface area contributed by atoms with Crippen LogP contribution in [0.5, 0.6) is 0 Å². The van der Waals surface area contributed by atoms with Crippen LogP contribution in [0.25, 0.3) is 0 Å². The number of hydrogen-bond acceptors (Lipinski definition) is 5. The third kappa shape index (κ3) is 5.41. The number of halogens is 2. The lowest BCUT2D eigenvalue weighted by molar-refractivity contribution is -0.149. The van der Waals surface area contributed by atoms with Crippen molar-refractivity contribution in [1.29, 1.82) is 0 Å². The summed E-state index contributed by atoms with van der Waals surface area (Å²) in [5.74, 6) is 1.07. The molecule has 2 N–H and O–H groups in total. The van der Waals surface area contributed by atoms with Crippen LogP contribution in [0.4, 0.5) is 0 Å². The van der Waals surface area contributed by atoms with Crippen molar-refractivity contribution < 1.29 is 9.59 Å². The van der Waals surface area contributed by atoms with Crippen LogP contribution in [0.1, 0.15) is 43.5 Å². The second-order valence-electron chi connectivity index (χ2n) is 8.77. The molecule has 3 fully saturated rings. The van der Waals surface area contributed by atoms with Gasteiger partial charge in [-0.2, -0.15) is 4.98 Å². The van der Waals surface area contributed by atoms with Crippen LogP contribution in [0.3, 0.4) is 0 Å². The standard InChI is InChI=1S/C21H31N5O3.2ClH/c1-13-8-14(2)25(21(29)24-13)7-6-19(27)23-12-18-16-9-15(10-22-11-16)17-4-3-5-20(28)26(17)18;;/h8,15-18,22H,3-7,9-12H2,1-2H3,(H,23,27);2*1H/t15-,16+,17+,18+;;/m1../s1. The molecule has 4 atom stereocenters. The van der Waals surface area contributed by atoms with Crippen LogP contribution >= 0.6 is 24.8 Å². The molecular formula is C21H33Cl2N5O3. The minimum absolute atomic E-state index is 0. The van der Waals surface area contributed by atoms with Gasteiger partial charge in [-0.1, -0.05) is 0 Å². The SMILES string of the molecule is Cc1cc(C)n(CCC(=O)NC[C@H]2[C@@H]3CNC[C@@H](C3)[C@@H]3CCCC(=O)N32)c(=O)n1.Cl.Cl. The molecule has 0 aromatic carbocycles. The van der Waals surface area contributed by atoms with Gasteiger partial charge in [-0.3, -0.25) is 14.2 Å². The van der Waals surface area contributed by atoms with Gasteiger partial charge in [0.2, 0.25) is 11.8 Å². The molecule has 0 radical (unpaired) electrons. The molecule has 4 rings (SSSR count). The summed E-state index contributed by atoms with van der Waals surface area (Å²) in [6.07, 6.45) is 4.01. The molecule has 10 heteroatoms. The van der Waals surface area contributed by atoms with Crippen LogP contribution in [-0.4, -0.2) is 58.0 Å². The van der Waals surface area contributed by atoms with E-state index in [0.29, 0.717) is 43.1 Å². The number of carbonyl (C=O) groups excluding carboxylic acids is 2. The minimum atomic E-state index is -0.316. The Morgan fingerprint density at radius 1 is 1.23 bits per heavy atom. The summed E-state index contributed by atoms with van der Waals surface area (Å²) in [7, 11) is 0. The number of nitrogens with one attached hydrogen (secondary N) is 2. The molecule has 0 spiro atoms. The van der Waals surface area contributed by atoms with E-state index >= 15 is 0 Å². The smallest absolute Gasteiger partial charge is 0.347 e. The minimum Gasteiger partial charge on any atom is -0.354 e. The quantitative estimate of drug-likeness (QED) is 0.669. The number of carbonyl (C=O) groups is 2. The van der Waals surface area contributed by atoms with Gasteiger partial charge in [0.1, 0.15) is 0 Å². The zero-order valence-electron chi connectivity index (χ0n) is 18.1. The average molecular weight is 474 g/mol. The average Bonchev–Trinajstić information content (AvgIpc) is 2.68. The fourth-order valence-electron chi connectivity index (χ4n) is 5.46.